The molecule has 2 aromatic carbocycles. The number of rotatable bonds is 9. The van der Waals surface area contributed by atoms with Crippen molar-refractivity contribution in [3.8, 4) is 0 Å². The summed E-state index contributed by atoms with van der Waals surface area (Å²) in [4.78, 5) is 14.4. The number of carbonyl (C=O) groups is 1. The largest absolute Gasteiger partial charge is 0.416 e. The van der Waals surface area contributed by atoms with Crippen molar-refractivity contribution in [2.45, 2.75) is 20.0 Å². The zero-order chi connectivity index (χ0) is 23.9. The molecule has 0 fully saturated rings. The van der Waals surface area contributed by atoms with Crippen LogP contribution in [-0.2, 0) is 21.0 Å². The maximum absolute atomic E-state index is 13.0. The number of amides is 1. The van der Waals surface area contributed by atoms with E-state index in [0.29, 0.717) is 15.9 Å². The van der Waals surface area contributed by atoms with Gasteiger partial charge in [0.15, 0.2) is 0 Å². The molecule has 7 nitrogen and oxygen atoms in total. The Labute approximate surface area is 185 Å². The first-order valence-corrected chi connectivity index (χ1v) is 11.6. The molecule has 0 radical (unpaired) electrons. The molecule has 0 spiro atoms. The van der Waals surface area contributed by atoms with Crippen LogP contribution in [0, 0.1) is 0 Å². The monoisotopic (exact) mass is 470 g/mol. The Bertz CT molecular complexity index is 1050. The standard InChI is InChI=1S/C21H25F3N4O3S/c1-4-27(5-2)18-11-9-16(10-12-18)14-25-26-20(29)15-28(32(3,30)31)19-8-6-7-17(13-19)21(22,23)24/h6-14H,4-5,15H2,1-3H3,(H,26,29)/b25-14-. The summed E-state index contributed by atoms with van der Waals surface area (Å²) in [6.07, 6.45) is -2.45. The number of halogens is 3. The highest BCUT2D eigenvalue weighted by Crippen LogP contribution is 2.32. The third-order valence-corrected chi connectivity index (χ3v) is 5.71. The predicted octanol–water partition coefficient (Wildman–Crippen LogP) is 3.47. The second kappa shape index (κ2) is 10.5. The quantitative estimate of drug-likeness (QED) is 0.450. The van der Waals surface area contributed by atoms with E-state index in [-0.39, 0.29) is 5.69 Å². The second-order valence-electron chi connectivity index (χ2n) is 6.87. The van der Waals surface area contributed by atoms with Crippen LogP contribution in [0.2, 0.25) is 0 Å². The minimum Gasteiger partial charge on any atom is -0.372 e. The molecule has 0 atom stereocenters. The maximum atomic E-state index is 13.0. The number of benzene rings is 2. The highest BCUT2D eigenvalue weighted by Gasteiger charge is 2.32. The number of sulfonamides is 1. The highest BCUT2D eigenvalue weighted by atomic mass is 32.2. The number of nitrogens with one attached hydrogen (secondary N) is 1. The number of hydrogen-bond donors (Lipinski definition) is 1. The summed E-state index contributed by atoms with van der Waals surface area (Å²) in [5, 5.41) is 3.80. The molecule has 0 aliphatic carbocycles. The van der Waals surface area contributed by atoms with E-state index in [1.807, 2.05) is 38.1 Å². The van der Waals surface area contributed by atoms with E-state index in [1.54, 1.807) is 0 Å². The summed E-state index contributed by atoms with van der Waals surface area (Å²) in [6.45, 7) is 5.10. The van der Waals surface area contributed by atoms with Crippen molar-refractivity contribution in [1.82, 2.24) is 5.43 Å². The van der Waals surface area contributed by atoms with E-state index >= 15 is 0 Å². The zero-order valence-corrected chi connectivity index (χ0v) is 18.7. The van der Waals surface area contributed by atoms with Crippen LogP contribution in [0.4, 0.5) is 24.5 Å². The average molecular weight is 471 g/mol. The van der Waals surface area contributed by atoms with Crippen LogP contribution >= 0.6 is 0 Å². The summed E-state index contributed by atoms with van der Waals surface area (Å²) < 4.78 is 63.6. The smallest absolute Gasteiger partial charge is 0.372 e. The Morgan fingerprint density at radius 2 is 1.69 bits per heavy atom. The molecule has 1 N–H and O–H groups in total. The van der Waals surface area contributed by atoms with Gasteiger partial charge in [-0.05, 0) is 49.7 Å². The first kappa shape index (κ1) is 25.2. The minimum absolute atomic E-state index is 0.270. The van der Waals surface area contributed by atoms with Gasteiger partial charge in [0.1, 0.15) is 6.54 Å². The summed E-state index contributed by atoms with van der Waals surface area (Å²) in [6, 6.07) is 11.2. The van der Waals surface area contributed by atoms with Gasteiger partial charge >= 0.3 is 6.18 Å². The topological polar surface area (TPSA) is 82.1 Å². The second-order valence-corrected chi connectivity index (χ2v) is 8.78. The number of hydrogen-bond acceptors (Lipinski definition) is 5. The van der Waals surface area contributed by atoms with E-state index in [9.17, 15) is 26.4 Å². The Balaban J connectivity index is 2.09. The number of alkyl halides is 3. The van der Waals surface area contributed by atoms with Gasteiger partial charge in [0.2, 0.25) is 10.0 Å². The van der Waals surface area contributed by atoms with Gasteiger partial charge in [-0.1, -0.05) is 18.2 Å². The average Bonchev–Trinajstić information content (AvgIpc) is 2.72. The summed E-state index contributed by atoms with van der Waals surface area (Å²) in [5.74, 6) is -0.802. The Kier molecular flexibility index (Phi) is 8.25. The molecule has 0 bridgehead atoms. The van der Waals surface area contributed by atoms with Crippen LogP contribution in [0.25, 0.3) is 0 Å². The fraction of sp³-hybridized carbons (Fsp3) is 0.333. The Hall–Kier alpha value is -3.08. The third-order valence-electron chi connectivity index (χ3n) is 4.57. The van der Waals surface area contributed by atoms with Gasteiger partial charge in [-0.3, -0.25) is 9.10 Å². The van der Waals surface area contributed by atoms with E-state index < -0.39 is 34.2 Å². The van der Waals surface area contributed by atoms with Crippen molar-refractivity contribution >= 4 is 33.5 Å². The Morgan fingerprint density at radius 3 is 2.22 bits per heavy atom. The van der Waals surface area contributed by atoms with Crippen LogP contribution in [0.15, 0.2) is 53.6 Å². The van der Waals surface area contributed by atoms with Crippen molar-refractivity contribution in [3.63, 3.8) is 0 Å². The maximum Gasteiger partial charge on any atom is 0.416 e. The molecule has 1 amide bonds. The molecular formula is C21H25F3N4O3S. The van der Waals surface area contributed by atoms with Crippen molar-refractivity contribution in [1.29, 1.82) is 0 Å². The lowest BCUT2D eigenvalue weighted by molar-refractivity contribution is -0.137. The van der Waals surface area contributed by atoms with Crippen LogP contribution < -0.4 is 14.6 Å². The summed E-state index contributed by atoms with van der Waals surface area (Å²) in [7, 11) is -4.02. The highest BCUT2D eigenvalue weighted by molar-refractivity contribution is 7.92. The fourth-order valence-electron chi connectivity index (χ4n) is 2.94. The van der Waals surface area contributed by atoms with Crippen molar-refractivity contribution in [2.24, 2.45) is 5.10 Å². The molecule has 11 heteroatoms. The molecular weight excluding hydrogens is 445 g/mol. The van der Waals surface area contributed by atoms with E-state index in [4.69, 9.17) is 0 Å². The first-order chi connectivity index (χ1) is 15.0. The van der Waals surface area contributed by atoms with Crippen LogP contribution in [-0.4, -0.2) is 46.4 Å². The van der Waals surface area contributed by atoms with Gasteiger partial charge in [-0.2, -0.15) is 18.3 Å². The van der Waals surface area contributed by atoms with Gasteiger partial charge in [0, 0.05) is 18.8 Å². The molecule has 0 aromatic heterocycles. The SMILES string of the molecule is CCN(CC)c1ccc(/C=N\NC(=O)CN(c2cccc(C(F)(F)F)c2)S(C)(=O)=O)cc1. The van der Waals surface area contributed by atoms with Gasteiger partial charge < -0.3 is 4.90 Å². The number of anilines is 2. The lowest BCUT2D eigenvalue weighted by Gasteiger charge is -2.22. The predicted molar refractivity (Wildman–Crippen MR) is 119 cm³/mol. The normalized spacial score (nSPS) is 12.1. The van der Waals surface area contributed by atoms with E-state index in [0.717, 1.165) is 37.2 Å². The third kappa shape index (κ3) is 6.98. The molecule has 0 aliphatic rings. The number of nitrogens with zero attached hydrogens (tertiary/aromatic N) is 3. The molecule has 2 rings (SSSR count). The molecule has 0 heterocycles. The molecule has 0 aliphatic heterocycles. The molecule has 174 valence electrons. The fourth-order valence-corrected chi connectivity index (χ4v) is 3.79. The molecule has 0 saturated heterocycles. The summed E-state index contributed by atoms with van der Waals surface area (Å²) in [5.41, 5.74) is 2.66. The van der Waals surface area contributed by atoms with Crippen molar-refractivity contribution in [2.75, 3.05) is 35.1 Å². The minimum atomic E-state index is -4.65. The van der Waals surface area contributed by atoms with E-state index in [2.05, 4.69) is 15.4 Å². The van der Waals surface area contributed by atoms with Crippen LogP contribution in [0.3, 0.4) is 0 Å². The van der Waals surface area contributed by atoms with E-state index in [1.165, 1.54) is 12.3 Å². The van der Waals surface area contributed by atoms with Crippen LogP contribution in [0.1, 0.15) is 25.0 Å². The molecule has 2 aromatic rings. The number of carbonyl (C=O) groups excluding carboxylic acids is 1. The first-order valence-electron chi connectivity index (χ1n) is 9.77. The number of hydrazone groups is 1. The van der Waals surface area contributed by atoms with Crippen molar-refractivity contribution in [3.05, 3.63) is 59.7 Å². The lowest BCUT2D eigenvalue weighted by Crippen LogP contribution is -2.39. The van der Waals surface area contributed by atoms with Gasteiger partial charge in [0.25, 0.3) is 5.91 Å². The van der Waals surface area contributed by atoms with Gasteiger partial charge in [0.05, 0.1) is 23.7 Å². The zero-order valence-electron chi connectivity index (χ0n) is 17.9. The summed E-state index contributed by atoms with van der Waals surface area (Å²) >= 11 is 0. The van der Waals surface area contributed by atoms with Gasteiger partial charge in [-0.15, -0.1) is 0 Å². The van der Waals surface area contributed by atoms with Crippen molar-refractivity contribution < 1.29 is 26.4 Å². The molecule has 0 saturated carbocycles. The lowest BCUT2D eigenvalue weighted by atomic mass is 10.2. The Morgan fingerprint density at radius 1 is 1.06 bits per heavy atom. The van der Waals surface area contributed by atoms with Gasteiger partial charge in [-0.25, -0.2) is 13.8 Å². The van der Waals surface area contributed by atoms with Crippen LogP contribution in [0.5, 0.6) is 0 Å². The molecule has 32 heavy (non-hydrogen) atoms. The molecule has 0 unspecified atom stereocenters.